The second kappa shape index (κ2) is 13.5. The van der Waals surface area contributed by atoms with Crippen molar-refractivity contribution < 1.29 is 45.7 Å². The van der Waals surface area contributed by atoms with Gasteiger partial charge in [-0.1, -0.05) is 36.8 Å². The quantitative estimate of drug-likeness (QED) is 0.103. The van der Waals surface area contributed by atoms with Gasteiger partial charge in [0, 0.05) is 18.9 Å². The standard InChI is InChI=1S/C26H29F3N6O7S/c1-5-25(37)41-18(4)42-32-35(38)33(6-2)16-24(36)31-43(39,40)21-13-11-20(12-14-21)34-22(15-23(30-34)26(27,28)29)19-9-7-17(3)8-10-19/h7-15,18H,5-6,16H2,1-4H3,(H,31,36)/b35-32-. The first kappa shape index (κ1) is 32.8. The highest BCUT2D eigenvalue weighted by molar-refractivity contribution is 7.90. The van der Waals surface area contributed by atoms with Crippen LogP contribution in [0.25, 0.3) is 16.9 Å². The Balaban J connectivity index is 1.76. The van der Waals surface area contributed by atoms with Gasteiger partial charge in [-0.05, 0) is 44.2 Å². The highest BCUT2D eigenvalue weighted by Crippen LogP contribution is 2.33. The number of carbonyl (C=O) groups is 2. The van der Waals surface area contributed by atoms with Crippen LogP contribution in [0.4, 0.5) is 13.2 Å². The minimum Gasteiger partial charge on any atom is -0.569 e. The van der Waals surface area contributed by atoms with Gasteiger partial charge in [0.05, 0.1) is 27.8 Å². The fraction of sp³-hybridized carbons (Fsp3) is 0.346. The Hall–Kier alpha value is -4.67. The SMILES string of the molecule is CCC(=O)OC(C)O/N=[N+](\[O-])N(CC)CC(=O)NS(=O)(=O)c1ccc(-n2nc(C(F)(F)F)cc2-c2ccc(C)cc2)cc1. The number of benzene rings is 2. The zero-order chi connectivity index (χ0) is 31.9. The van der Waals surface area contributed by atoms with Gasteiger partial charge in [0.25, 0.3) is 22.2 Å². The van der Waals surface area contributed by atoms with E-state index in [0.29, 0.717) is 5.56 Å². The third-order valence-electron chi connectivity index (χ3n) is 5.77. The number of hydrogen-bond donors (Lipinski definition) is 1. The van der Waals surface area contributed by atoms with Crippen LogP contribution in [0, 0.1) is 12.1 Å². The Bertz CT molecular complexity index is 1570. The van der Waals surface area contributed by atoms with Gasteiger partial charge in [-0.25, -0.2) is 17.8 Å². The third kappa shape index (κ3) is 8.67. The molecule has 0 radical (unpaired) electrons. The van der Waals surface area contributed by atoms with Gasteiger partial charge in [0.1, 0.15) is 0 Å². The number of alkyl halides is 3. The number of aromatic nitrogens is 2. The molecule has 1 aromatic heterocycles. The summed E-state index contributed by atoms with van der Waals surface area (Å²) >= 11 is 0. The normalized spacial score (nSPS) is 12.9. The average Bonchev–Trinajstić information content (AvgIpc) is 3.41. The Morgan fingerprint density at radius 2 is 1.77 bits per heavy atom. The van der Waals surface area contributed by atoms with E-state index < -0.39 is 46.6 Å². The van der Waals surface area contributed by atoms with Crippen LogP contribution in [0.15, 0.2) is 64.8 Å². The Kier molecular flexibility index (Phi) is 10.3. The molecule has 0 spiro atoms. The second-order valence-electron chi connectivity index (χ2n) is 9.04. The lowest BCUT2D eigenvalue weighted by Crippen LogP contribution is -2.42. The van der Waals surface area contributed by atoms with E-state index in [2.05, 4.69) is 10.4 Å². The monoisotopic (exact) mass is 626 g/mol. The van der Waals surface area contributed by atoms with Crippen molar-refractivity contribution in [1.82, 2.24) is 19.5 Å². The van der Waals surface area contributed by atoms with Crippen molar-refractivity contribution >= 4 is 21.9 Å². The molecule has 0 fully saturated rings. The molecular formula is C26H29F3N6O7S. The Morgan fingerprint density at radius 3 is 2.33 bits per heavy atom. The van der Waals surface area contributed by atoms with Crippen molar-refractivity contribution in [3.8, 4) is 16.9 Å². The molecule has 0 aliphatic heterocycles. The summed E-state index contributed by atoms with van der Waals surface area (Å²) in [5.74, 6) is -1.68. The van der Waals surface area contributed by atoms with E-state index in [4.69, 9.17) is 9.57 Å². The zero-order valence-electron chi connectivity index (χ0n) is 23.5. The molecule has 1 atom stereocenters. The van der Waals surface area contributed by atoms with E-state index >= 15 is 0 Å². The van der Waals surface area contributed by atoms with Gasteiger partial charge in [-0.15, -0.1) is 5.01 Å². The maximum Gasteiger partial charge on any atom is 0.435 e. The highest BCUT2D eigenvalue weighted by Gasteiger charge is 2.35. The molecule has 3 aromatic rings. The van der Waals surface area contributed by atoms with Gasteiger partial charge >= 0.3 is 12.1 Å². The molecule has 0 bridgehead atoms. The molecule has 3 rings (SSSR count). The Labute approximate surface area is 245 Å². The smallest absolute Gasteiger partial charge is 0.435 e. The number of esters is 1. The molecule has 0 aliphatic carbocycles. The number of ether oxygens (including phenoxy) is 1. The minimum atomic E-state index is -4.72. The number of sulfonamides is 1. The molecule has 0 saturated carbocycles. The summed E-state index contributed by atoms with van der Waals surface area (Å²) in [6.07, 6.45) is -5.83. The van der Waals surface area contributed by atoms with E-state index in [-0.39, 0.29) is 34.2 Å². The van der Waals surface area contributed by atoms with Crippen LogP contribution in [-0.4, -0.2) is 59.4 Å². The van der Waals surface area contributed by atoms with E-state index in [0.717, 1.165) is 33.5 Å². The predicted octanol–water partition coefficient (Wildman–Crippen LogP) is 4.10. The summed E-state index contributed by atoms with van der Waals surface area (Å²) in [4.78, 5) is 28.0. The molecule has 0 saturated heterocycles. The number of amides is 1. The molecule has 43 heavy (non-hydrogen) atoms. The molecule has 1 unspecified atom stereocenters. The van der Waals surface area contributed by atoms with Crippen molar-refractivity contribution in [3.05, 3.63) is 71.1 Å². The van der Waals surface area contributed by atoms with Gasteiger partial charge in [0.15, 0.2) is 12.2 Å². The van der Waals surface area contributed by atoms with Crippen LogP contribution < -0.4 is 4.72 Å². The average molecular weight is 627 g/mol. The van der Waals surface area contributed by atoms with Crippen LogP contribution in [0.3, 0.4) is 0 Å². The summed E-state index contributed by atoms with van der Waals surface area (Å²) in [6.45, 7) is 5.38. The lowest BCUT2D eigenvalue weighted by atomic mass is 10.1. The van der Waals surface area contributed by atoms with Crippen molar-refractivity contribution in [1.29, 1.82) is 0 Å². The van der Waals surface area contributed by atoms with E-state index in [1.807, 2.05) is 11.6 Å². The fourth-order valence-corrected chi connectivity index (χ4v) is 4.54. The van der Waals surface area contributed by atoms with Crippen molar-refractivity contribution in [2.24, 2.45) is 5.28 Å². The van der Waals surface area contributed by atoms with Crippen molar-refractivity contribution in [2.45, 2.75) is 51.5 Å². The minimum absolute atomic E-state index is 0.0734. The summed E-state index contributed by atoms with van der Waals surface area (Å²) in [5.41, 5.74) is 0.494. The number of nitrogens with zero attached hydrogens (tertiary/aromatic N) is 5. The molecule has 1 heterocycles. The molecule has 13 nitrogen and oxygen atoms in total. The summed E-state index contributed by atoms with van der Waals surface area (Å²) in [7, 11) is -4.44. The second-order valence-corrected chi connectivity index (χ2v) is 10.7. The highest BCUT2D eigenvalue weighted by atomic mass is 32.2. The number of likely N-dealkylation sites (N-methyl/N-ethyl adjacent to an activating group) is 1. The maximum absolute atomic E-state index is 13.5. The van der Waals surface area contributed by atoms with Crippen molar-refractivity contribution in [3.63, 3.8) is 0 Å². The summed E-state index contributed by atoms with van der Waals surface area (Å²) < 4.78 is 73.7. The zero-order valence-corrected chi connectivity index (χ0v) is 24.3. The molecular weight excluding hydrogens is 597 g/mol. The predicted molar refractivity (Wildman–Crippen MR) is 144 cm³/mol. The van der Waals surface area contributed by atoms with Gasteiger partial charge in [-0.2, -0.15) is 18.3 Å². The van der Waals surface area contributed by atoms with Gasteiger partial charge < -0.3 is 9.94 Å². The molecule has 232 valence electrons. The van der Waals surface area contributed by atoms with Gasteiger partial charge in [-0.3, -0.25) is 14.4 Å². The number of aryl methyl sites for hydroxylation is 1. The molecule has 2 aromatic carbocycles. The van der Waals surface area contributed by atoms with Crippen LogP contribution in [0.5, 0.6) is 0 Å². The van der Waals surface area contributed by atoms with Crippen LogP contribution in [0.1, 0.15) is 38.4 Å². The lowest BCUT2D eigenvalue weighted by molar-refractivity contribution is -0.710. The third-order valence-corrected chi connectivity index (χ3v) is 7.16. The van der Waals surface area contributed by atoms with E-state index in [1.165, 1.54) is 26.0 Å². The number of hydrogen-bond acceptors (Lipinski definition) is 9. The molecule has 1 amide bonds. The summed E-state index contributed by atoms with van der Waals surface area (Å²) in [5, 5.41) is 19.9. The van der Waals surface area contributed by atoms with Crippen LogP contribution in [-0.2, 0) is 35.4 Å². The topological polar surface area (TPSA) is 158 Å². The molecule has 17 heteroatoms. The fourth-order valence-electron chi connectivity index (χ4n) is 3.56. The van der Waals surface area contributed by atoms with Crippen LogP contribution in [0.2, 0.25) is 0 Å². The number of hydrazine groups is 1. The summed E-state index contributed by atoms with van der Waals surface area (Å²) in [6, 6.07) is 12.3. The van der Waals surface area contributed by atoms with E-state index in [1.54, 1.807) is 31.2 Å². The number of rotatable bonds is 12. The number of halogens is 3. The first-order chi connectivity index (χ1) is 20.1. The largest absolute Gasteiger partial charge is 0.569 e. The van der Waals surface area contributed by atoms with Gasteiger partial charge in [0.2, 0.25) is 5.28 Å². The molecule has 1 N–H and O–H groups in total. The lowest BCUT2D eigenvalue weighted by Gasteiger charge is -2.16. The van der Waals surface area contributed by atoms with Crippen LogP contribution >= 0.6 is 0 Å². The van der Waals surface area contributed by atoms with Crippen molar-refractivity contribution in [2.75, 3.05) is 13.1 Å². The first-order valence-corrected chi connectivity index (χ1v) is 14.3. The number of nitrogens with one attached hydrogen (secondary N) is 1. The maximum atomic E-state index is 13.5. The molecule has 0 aliphatic rings. The Morgan fingerprint density at radius 1 is 1.14 bits per heavy atom. The first-order valence-electron chi connectivity index (χ1n) is 12.8. The number of carbonyl (C=O) groups excluding carboxylic acids is 2. The van der Waals surface area contributed by atoms with E-state index in [9.17, 15) is 36.4 Å².